The zero-order valence-electron chi connectivity index (χ0n) is 12.2. The van der Waals surface area contributed by atoms with E-state index in [2.05, 4.69) is 43.2 Å². The first-order valence-corrected chi connectivity index (χ1v) is 6.78. The lowest BCUT2D eigenvalue weighted by Gasteiger charge is -2.45. The summed E-state index contributed by atoms with van der Waals surface area (Å²) in [5, 5.41) is 9.51. The van der Waals surface area contributed by atoms with Gasteiger partial charge >= 0.3 is 0 Å². The summed E-state index contributed by atoms with van der Waals surface area (Å²) in [6.45, 7) is 9.05. The summed E-state index contributed by atoms with van der Waals surface area (Å²) >= 11 is 0. The Morgan fingerprint density at radius 2 is 1.95 bits per heavy atom. The molecule has 0 radical (unpaired) electrons. The van der Waals surface area contributed by atoms with Gasteiger partial charge in [-0.05, 0) is 30.1 Å². The Morgan fingerprint density at radius 1 is 1.37 bits per heavy atom. The van der Waals surface area contributed by atoms with Gasteiger partial charge in [0.05, 0.1) is 11.9 Å². The second kappa shape index (κ2) is 4.54. The molecule has 2 rings (SSSR count). The van der Waals surface area contributed by atoms with Crippen LogP contribution in [0.4, 0.5) is 5.69 Å². The third kappa shape index (κ3) is 3.28. The van der Waals surface area contributed by atoms with Crippen molar-refractivity contribution in [3.05, 3.63) is 11.9 Å². The number of hydrogen-bond donors (Lipinski definition) is 3. The Bertz CT molecular complexity index is 460. The first kappa shape index (κ1) is 13.9. The number of amides is 1. The number of rotatable bonds is 2. The number of carbonyl (C=O) groups excluding carboxylic acids is 1. The van der Waals surface area contributed by atoms with Crippen LogP contribution >= 0.6 is 0 Å². The molecule has 0 bridgehead atoms. The van der Waals surface area contributed by atoms with Gasteiger partial charge in [0.2, 0.25) is 0 Å². The molecule has 1 amide bonds. The fourth-order valence-corrected chi connectivity index (χ4v) is 3.68. The SMILES string of the molecule is CC1(C)CC(NC(=O)c2[nH]ncc2N)CC(C)(C)C1. The van der Waals surface area contributed by atoms with E-state index in [9.17, 15) is 4.79 Å². The smallest absolute Gasteiger partial charge is 0.271 e. The second-order valence-corrected chi connectivity index (χ2v) is 7.28. The van der Waals surface area contributed by atoms with E-state index in [1.807, 2.05) is 0 Å². The van der Waals surface area contributed by atoms with E-state index >= 15 is 0 Å². The molecule has 1 heterocycles. The molecule has 0 spiro atoms. The van der Waals surface area contributed by atoms with Crippen molar-refractivity contribution in [2.24, 2.45) is 10.8 Å². The van der Waals surface area contributed by atoms with E-state index in [-0.39, 0.29) is 22.8 Å². The summed E-state index contributed by atoms with van der Waals surface area (Å²) in [6, 6.07) is 0.189. The van der Waals surface area contributed by atoms with Crippen LogP contribution in [0.25, 0.3) is 0 Å². The molecule has 4 N–H and O–H groups in total. The quantitative estimate of drug-likeness (QED) is 0.766. The summed E-state index contributed by atoms with van der Waals surface area (Å²) in [7, 11) is 0. The molecule has 1 aromatic heterocycles. The minimum Gasteiger partial charge on any atom is -0.396 e. The van der Waals surface area contributed by atoms with E-state index in [0.29, 0.717) is 11.4 Å². The first-order valence-electron chi connectivity index (χ1n) is 6.78. The fourth-order valence-electron chi connectivity index (χ4n) is 3.68. The minimum atomic E-state index is -0.159. The van der Waals surface area contributed by atoms with Gasteiger partial charge in [0, 0.05) is 6.04 Å². The average molecular weight is 264 g/mol. The monoisotopic (exact) mass is 264 g/mol. The number of nitrogens with zero attached hydrogens (tertiary/aromatic N) is 1. The van der Waals surface area contributed by atoms with Gasteiger partial charge in [0.1, 0.15) is 5.69 Å². The van der Waals surface area contributed by atoms with Gasteiger partial charge in [-0.2, -0.15) is 5.10 Å². The molecule has 19 heavy (non-hydrogen) atoms. The summed E-state index contributed by atoms with van der Waals surface area (Å²) in [5.74, 6) is -0.159. The predicted octanol–water partition coefficient (Wildman–Crippen LogP) is 2.33. The molecule has 0 unspecified atom stereocenters. The Morgan fingerprint density at radius 3 is 2.42 bits per heavy atom. The summed E-state index contributed by atoms with van der Waals surface area (Å²) < 4.78 is 0. The van der Waals surface area contributed by atoms with Crippen molar-refractivity contribution in [2.75, 3.05) is 5.73 Å². The highest BCUT2D eigenvalue weighted by Gasteiger charge is 2.39. The number of aromatic amines is 1. The van der Waals surface area contributed by atoms with Gasteiger partial charge in [-0.25, -0.2) is 0 Å². The van der Waals surface area contributed by atoms with Gasteiger partial charge in [-0.1, -0.05) is 27.7 Å². The van der Waals surface area contributed by atoms with Gasteiger partial charge in [-0.3, -0.25) is 9.89 Å². The fraction of sp³-hybridized carbons (Fsp3) is 0.714. The Labute approximate surface area is 114 Å². The maximum Gasteiger partial charge on any atom is 0.271 e. The lowest BCUT2D eigenvalue weighted by atomic mass is 9.63. The van der Waals surface area contributed by atoms with E-state index in [0.717, 1.165) is 12.8 Å². The topological polar surface area (TPSA) is 83.8 Å². The number of nitrogens with one attached hydrogen (secondary N) is 2. The highest BCUT2D eigenvalue weighted by molar-refractivity contribution is 5.97. The van der Waals surface area contributed by atoms with E-state index in [4.69, 9.17) is 5.73 Å². The number of hydrogen-bond acceptors (Lipinski definition) is 3. The maximum absolute atomic E-state index is 12.2. The molecule has 1 aliphatic rings. The lowest BCUT2D eigenvalue weighted by Crippen LogP contribution is -2.46. The van der Waals surface area contributed by atoms with Gasteiger partial charge < -0.3 is 11.1 Å². The minimum absolute atomic E-state index is 0.159. The molecular weight excluding hydrogens is 240 g/mol. The third-order valence-corrected chi connectivity index (χ3v) is 3.79. The molecule has 0 saturated heterocycles. The van der Waals surface area contributed by atoms with Gasteiger partial charge in [0.25, 0.3) is 5.91 Å². The molecule has 106 valence electrons. The van der Waals surface area contributed by atoms with Crippen molar-refractivity contribution in [3.63, 3.8) is 0 Å². The summed E-state index contributed by atoms with van der Waals surface area (Å²) in [4.78, 5) is 12.2. The Balaban J connectivity index is 2.07. The van der Waals surface area contributed by atoms with Crippen LogP contribution in [-0.4, -0.2) is 22.1 Å². The Hall–Kier alpha value is -1.52. The Kier molecular flexibility index (Phi) is 3.32. The average Bonchev–Trinajstić information content (AvgIpc) is 2.58. The molecule has 0 aliphatic heterocycles. The van der Waals surface area contributed by atoms with E-state index in [1.54, 1.807) is 0 Å². The molecular formula is C14H24N4O. The molecule has 0 atom stereocenters. The van der Waals surface area contributed by atoms with Crippen molar-refractivity contribution in [2.45, 2.75) is 53.0 Å². The predicted molar refractivity (Wildman–Crippen MR) is 75.7 cm³/mol. The zero-order chi connectivity index (χ0) is 14.3. The lowest BCUT2D eigenvalue weighted by molar-refractivity contribution is 0.0711. The van der Waals surface area contributed by atoms with Crippen LogP contribution in [0, 0.1) is 10.8 Å². The van der Waals surface area contributed by atoms with Crippen LogP contribution in [0.5, 0.6) is 0 Å². The van der Waals surface area contributed by atoms with Gasteiger partial charge in [0.15, 0.2) is 0 Å². The first-order chi connectivity index (χ1) is 8.69. The number of aromatic nitrogens is 2. The number of nitrogen functional groups attached to an aromatic ring is 1. The van der Waals surface area contributed by atoms with Crippen molar-refractivity contribution in [1.29, 1.82) is 0 Å². The highest BCUT2D eigenvalue weighted by Crippen LogP contribution is 2.45. The molecule has 1 aliphatic carbocycles. The van der Waals surface area contributed by atoms with Crippen LogP contribution in [0.15, 0.2) is 6.20 Å². The number of carbonyl (C=O) groups is 1. The maximum atomic E-state index is 12.2. The number of H-pyrrole nitrogens is 1. The largest absolute Gasteiger partial charge is 0.396 e. The second-order valence-electron chi connectivity index (χ2n) is 7.28. The number of nitrogens with two attached hydrogens (primary N) is 1. The van der Waals surface area contributed by atoms with Crippen molar-refractivity contribution < 1.29 is 4.79 Å². The molecule has 1 saturated carbocycles. The van der Waals surface area contributed by atoms with Crippen LogP contribution < -0.4 is 11.1 Å². The van der Waals surface area contributed by atoms with E-state index in [1.165, 1.54) is 12.6 Å². The molecule has 5 heteroatoms. The standard InChI is InChI=1S/C14H24N4O/c1-13(2)5-9(6-14(3,4)8-13)17-12(19)11-10(15)7-16-18-11/h7,9H,5-6,8,15H2,1-4H3,(H,16,18)(H,17,19). The highest BCUT2D eigenvalue weighted by atomic mass is 16.2. The molecule has 1 fully saturated rings. The molecule has 0 aromatic carbocycles. The van der Waals surface area contributed by atoms with Crippen molar-refractivity contribution in [1.82, 2.24) is 15.5 Å². The summed E-state index contributed by atoms with van der Waals surface area (Å²) in [6.07, 6.45) is 4.63. The van der Waals surface area contributed by atoms with Crippen LogP contribution in [0.2, 0.25) is 0 Å². The molecule has 5 nitrogen and oxygen atoms in total. The molecule has 1 aromatic rings. The zero-order valence-corrected chi connectivity index (χ0v) is 12.2. The number of anilines is 1. The van der Waals surface area contributed by atoms with Crippen LogP contribution in [-0.2, 0) is 0 Å². The van der Waals surface area contributed by atoms with Crippen molar-refractivity contribution in [3.8, 4) is 0 Å². The normalized spacial score (nSPS) is 22.1. The van der Waals surface area contributed by atoms with Crippen LogP contribution in [0.1, 0.15) is 57.4 Å². The van der Waals surface area contributed by atoms with Crippen molar-refractivity contribution >= 4 is 11.6 Å². The van der Waals surface area contributed by atoms with Gasteiger partial charge in [-0.15, -0.1) is 0 Å². The summed E-state index contributed by atoms with van der Waals surface area (Å²) in [5.41, 5.74) is 6.95. The van der Waals surface area contributed by atoms with Crippen LogP contribution in [0.3, 0.4) is 0 Å². The third-order valence-electron chi connectivity index (χ3n) is 3.79. The van der Waals surface area contributed by atoms with E-state index < -0.39 is 0 Å².